The number of ether oxygens (including phenoxy) is 2. The van der Waals surface area contributed by atoms with Crippen LogP contribution in [0, 0.1) is 0 Å². The van der Waals surface area contributed by atoms with Crippen molar-refractivity contribution in [2.75, 3.05) is 7.11 Å². The number of methoxy groups -OCH3 is 1. The maximum Gasteiger partial charge on any atom is 0.343 e. The minimum absolute atomic E-state index is 0.109. The molecule has 0 spiro atoms. The molecule has 0 radical (unpaired) electrons. The quantitative estimate of drug-likeness (QED) is 0.166. The molecule has 146 valence electrons. The molecular weight excluding hydrogens is 500 g/mol. The minimum Gasteiger partial charge on any atom is -0.493 e. The summed E-state index contributed by atoms with van der Waals surface area (Å²) in [5, 5.41) is 0. The number of hydrogen-bond acceptors (Lipinski definition) is 4. The monoisotopic (exact) mass is 514 g/mol. The lowest BCUT2D eigenvalue weighted by Crippen LogP contribution is -2.09. The highest BCUT2D eigenvalue weighted by Crippen LogP contribution is 2.29. The van der Waals surface area contributed by atoms with Crippen molar-refractivity contribution in [1.82, 2.24) is 0 Å². The molecule has 0 saturated carbocycles. The first-order valence-electron chi connectivity index (χ1n) is 8.60. The van der Waals surface area contributed by atoms with Crippen molar-refractivity contribution in [2.24, 2.45) is 0 Å². The summed E-state index contributed by atoms with van der Waals surface area (Å²) in [6, 6.07) is 19.1. The molecular formula is C23H16Br2O4. The highest BCUT2D eigenvalue weighted by molar-refractivity contribution is 9.10. The van der Waals surface area contributed by atoms with Gasteiger partial charge in [-0.05, 0) is 72.3 Å². The van der Waals surface area contributed by atoms with Gasteiger partial charge in [-0.15, -0.1) is 0 Å². The van der Waals surface area contributed by atoms with Crippen LogP contribution in [0.25, 0.3) is 6.08 Å². The number of carbonyl (C=O) groups is 2. The smallest absolute Gasteiger partial charge is 0.343 e. The number of esters is 1. The number of halogens is 2. The molecule has 29 heavy (non-hydrogen) atoms. The van der Waals surface area contributed by atoms with E-state index in [9.17, 15) is 9.59 Å². The van der Waals surface area contributed by atoms with Crippen LogP contribution in [-0.4, -0.2) is 18.9 Å². The Morgan fingerprint density at radius 3 is 1.97 bits per heavy atom. The molecule has 3 aromatic rings. The lowest BCUT2D eigenvalue weighted by Gasteiger charge is -2.10. The topological polar surface area (TPSA) is 52.6 Å². The predicted octanol–water partition coefficient (Wildman–Crippen LogP) is 6.34. The summed E-state index contributed by atoms with van der Waals surface area (Å²) in [6.07, 6.45) is 3.18. The summed E-state index contributed by atoms with van der Waals surface area (Å²) in [6.45, 7) is 0. The van der Waals surface area contributed by atoms with Gasteiger partial charge in [-0.25, -0.2) is 4.79 Å². The van der Waals surface area contributed by atoms with Gasteiger partial charge in [-0.3, -0.25) is 4.79 Å². The van der Waals surface area contributed by atoms with Crippen LogP contribution in [0.15, 0.2) is 81.8 Å². The Morgan fingerprint density at radius 1 is 0.793 bits per heavy atom. The van der Waals surface area contributed by atoms with Gasteiger partial charge in [0.25, 0.3) is 0 Å². The third-order valence-corrected chi connectivity index (χ3v) is 5.08. The van der Waals surface area contributed by atoms with E-state index in [-0.39, 0.29) is 5.78 Å². The molecule has 3 rings (SSSR count). The molecule has 0 aromatic heterocycles. The summed E-state index contributed by atoms with van der Waals surface area (Å²) < 4.78 is 12.6. The zero-order valence-electron chi connectivity index (χ0n) is 15.4. The van der Waals surface area contributed by atoms with E-state index in [2.05, 4.69) is 31.9 Å². The Morgan fingerprint density at radius 2 is 1.38 bits per heavy atom. The molecule has 4 nitrogen and oxygen atoms in total. The van der Waals surface area contributed by atoms with Crippen LogP contribution in [0.2, 0.25) is 0 Å². The fraction of sp³-hybridized carbons (Fsp3) is 0.0435. The predicted molar refractivity (Wildman–Crippen MR) is 120 cm³/mol. The second-order valence-electron chi connectivity index (χ2n) is 6.01. The molecule has 0 atom stereocenters. The van der Waals surface area contributed by atoms with Crippen molar-refractivity contribution in [2.45, 2.75) is 0 Å². The van der Waals surface area contributed by atoms with Crippen molar-refractivity contribution >= 4 is 49.7 Å². The van der Waals surface area contributed by atoms with Crippen molar-refractivity contribution in [3.8, 4) is 11.5 Å². The molecule has 3 aromatic carbocycles. The Labute approximate surface area is 185 Å². The molecule has 6 heteroatoms. The summed E-state index contributed by atoms with van der Waals surface area (Å²) in [5.41, 5.74) is 1.77. The first-order valence-corrected chi connectivity index (χ1v) is 10.2. The van der Waals surface area contributed by atoms with E-state index in [1.165, 1.54) is 13.2 Å². The van der Waals surface area contributed by atoms with Crippen LogP contribution in [0.3, 0.4) is 0 Å². The third-order valence-electron chi connectivity index (χ3n) is 4.03. The van der Waals surface area contributed by atoms with Crippen LogP contribution >= 0.6 is 31.9 Å². The van der Waals surface area contributed by atoms with Gasteiger partial charge < -0.3 is 9.47 Å². The highest BCUT2D eigenvalue weighted by Gasteiger charge is 2.13. The van der Waals surface area contributed by atoms with Gasteiger partial charge in [0.05, 0.1) is 12.7 Å². The van der Waals surface area contributed by atoms with Crippen molar-refractivity contribution in [3.05, 3.63) is 98.4 Å². The number of carbonyl (C=O) groups excluding carboxylic acids is 2. The van der Waals surface area contributed by atoms with Gasteiger partial charge in [0.2, 0.25) is 0 Å². The number of allylic oxidation sites excluding steroid dienone is 1. The largest absolute Gasteiger partial charge is 0.493 e. The van der Waals surface area contributed by atoms with Crippen molar-refractivity contribution in [1.29, 1.82) is 0 Å². The first-order chi connectivity index (χ1) is 14.0. The van der Waals surface area contributed by atoms with Crippen LogP contribution in [-0.2, 0) is 0 Å². The molecule has 0 saturated heterocycles. The summed E-state index contributed by atoms with van der Waals surface area (Å²) in [4.78, 5) is 24.6. The SMILES string of the molecule is COc1cc(/C=C/C(=O)c2ccc(Br)cc2)ccc1OC(=O)c1ccc(Br)cc1. The normalized spacial score (nSPS) is 10.7. The van der Waals surface area contributed by atoms with Crippen molar-refractivity contribution < 1.29 is 19.1 Å². The summed E-state index contributed by atoms with van der Waals surface area (Å²) in [7, 11) is 1.49. The van der Waals surface area contributed by atoms with Gasteiger partial charge in [0.1, 0.15) is 0 Å². The molecule has 0 unspecified atom stereocenters. The van der Waals surface area contributed by atoms with Gasteiger partial charge in [-0.1, -0.05) is 44.0 Å². The Kier molecular flexibility index (Phi) is 7.01. The maximum absolute atomic E-state index is 12.3. The Balaban J connectivity index is 1.74. The molecule has 0 heterocycles. The standard InChI is InChI=1S/C23H16Br2O4/c1-28-22-14-15(2-12-20(26)16-4-8-18(24)9-5-16)3-13-21(22)29-23(27)17-6-10-19(25)11-7-17/h2-14H,1H3/b12-2+. The van der Waals surface area contributed by atoms with Crippen molar-refractivity contribution in [3.63, 3.8) is 0 Å². The van der Waals surface area contributed by atoms with Gasteiger partial charge in [-0.2, -0.15) is 0 Å². The van der Waals surface area contributed by atoms with E-state index in [0.717, 1.165) is 14.5 Å². The lowest BCUT2D eigenvalue weighted by atomic mass is 10.1. The fourth-order valence-electron chi connectivity index (χ4n) is 2.50. The molecule has 0 bridgehead atoms. The van der Waals surface area contributed by atoms with Crippen LogP contribution in [0.1, 0.15) is 26.3 Å². The average molecular weight is 516 g/mol. The van der Waals surface area contributed by atoms with E-state index in [1.54, 1.807) is 60.7 Å². The molecule has 0 aliphatic carbocycles. The van der Waals surface area contributed by atoms with Gasteiger partial charge in [0, 0.05) is 14.5 Å². The molecule has 0 fully saturated rings. The van der Waals surface area contributed by atoms with E-state index in [4.69, 9.17) is 9.47 Å². The average Bonchev–Trinajstić information content (AvgIpc) is 2.73. The molecule has 0 N–H and O–H groups in total. The number of ketones is 1. The summed E-state index contributed by atoms with van der Waals surface area (Å²) >= 11 is 6.68. The first kappa shape index (κ1) is 21.0. The fourth-order valence-corrected chi connectivity index (χ4v) is 3.03. The lowest BCUT2D eigenvalue weighted by molar-refractivity contribution is 0.0729. The zero-order valence-corrected chi connectivity index (χ0v) is 18.6. The van der Waals surface area contributed by atoms with Gasteiger partial charge >= 0.3 is 5.97 Å². The van der Waals surface area contributed by atoms with E-state index in [1.807, 2.05) is 12.1 Å². The third kappa shape index (κ3) is 5.65. The van der Waals surface area contributed by atoms with E-state index in [0.29, 0.717) is 22.6 Å². The molecule has 0 aliphatic rings. The van der Waals surface area contributed by atoms with Crippen LogP contribution < -0.4 is 9.47 Å². The number of benzene rings is 3. The second kappa shape index (κ2) is 9.67. The molecule has 0 aliphatic heterocycles. The van der Waals surface area contributed by atoms with Gasteiger partial charge in [0.15, 0.2) is 17.3 Å². The highest BCUT2D eigenvalue weighted by atomic mass is 79.9. The second-order valence-corrected chi connectivity index (χ2v) is 7.84. The minimum atomic E-state index is -0.482. The summed E-state index contributed by atoms with van der Waals surface area (Å²) in [5.74, 6) is 0.109. The van der Waals surface area contributed by atoms with Crippen LogP contribution in [0.4, 0.5) is 0 Å². The number of rotatable bonds is 6. The number of hydrogen-bond donors (Lipinski definition) is 0. The Hall–Kier alpha value is -2.70. The maximum atomic E-state index is 12.3. The van der Waals surface area contributed by atoms with E-state index >= 15 is 0 Å². The van der Waals surface area contributed by atoms with Crippen LogP contribution in [0.5, 0.6) is 11.5 Å². The molecule has 0 amide bonds. The Bertz CT molecular complexity index is 1060. The zero-order chi connectivity index (χ0) is 20.8. The van der Waals surface area contributed by atoms with E-state index < -0.39 is 5.97 Å².